The minimum atomic E-state index is -4.26. The van der Waals surface area contributed by atoms with E-state index in [0.717, 1.165) is 11.8 Å². The molecular formula is C17H30F2N2O8. The van der Waals surface area contributed by atoms with Gasteiger partial charge in [-0.2, -0.15) is 8.78 Å². The minimum absolute atomic E-state index is 0.143. The summed E-state index contributed by atoms with van der Waals surface area (Å²) < 4.78 is 34.3. The lowest BCUT2D eigenvalue weighted by atomic mass is 9.88. The number of unbranched alkanes of at least 4 members (excludes halogenated alkanes) is 1. The van der Waals surface area contributed by atoms with E-state index in [2.05, 4.69) is 4.74 Å². The van der Waals surface area contributed by atoms with Gasteiger partial charge in [-0.15, -0.1) is 0 Å². The molecule has 1 heterocycles. The van der Waals surface area contributed by atoms with Gasteiger partial charge in [0.2, 0.25) is 5.91 Å². The molecule has 1 saturated heterocycles. The van der Waals surface area contributed by atoms with Crippen LogP contribution in [-0.4, -0.2) is 104 Å². The summed E-state index contributed by atoms with van der Waals surface area (Å²) in [7, 11) is 0. The molecule has 170 valence electrons. The van der Waals surface area contributed by atoms with Crippen LogP contribution in [0.2, 0.25) is 0 Å². The Hall–Kier alpha value is -1.28. The zero-order chi connectivity index (χ0) is 22.6. The fraction of sp³-hybridized carbons (Fsp3) is 0.882. The summed E-state index contributed by atoms with van der Waals surface area (Å²) in [5.74, 6) is -8.87. The average Bonchev–Trinajstić information content (AvgIpc) is 2.64. The van der Waals surface area contributed by atoms with Crippen molar-refractivity contribution in [1.29, 1.82) is 0 Å². The Morgan fingerprint density at radius 2 is 1.79 bits per heavy atom. The molecular weight excluding hydrogens is 398 g/mol. The third-order valence-electron chi connectivity index (χ3n) is 5.04. The SMILES string of the molecule is CC(=O)[C@@H](N)CCCCN(CC(F)(F)[C@]1(O)O[C@H](CO)[C@H](O)[C@H](O)[C@H]1O)C(C)=O. The molecule has 1 aliphatic rings. The molecule has 0 saturated carbocycles. The molecule has 7 N–H and O–H groups in total. The third kappa shape index (κ3) is 5.87. The third-order valence-corrected chi connectivity index (χ3v) is 5.04. The quantitative estimate of drug-likeness (QED) is 0.210. The maximum atomic E-state index is 14.8. The van der Waals surface area contributed by atoms with Gasteiger partial charge in [-0.1, -0.05) is 0 Å². The highest BCUT2D eigenvalue weighted by Gasteiger charge is 2.66. The van der Waals surface area contributed by atoms with Crippen molar-refractivity contribution in [2.24, 2.45) is 5.73 Å². The van der Waals surface area contributed by atoms with Crippen LogP contribution in [0.25, 0.3) is 0 Å². The lowest BCUT2D eigenvalue weighted by molar-refractivity contribution is -0.411. The predicted molar refractivity (Wildman–Crippen MR) is 94.6 cm³/mol. The Morgan fingerprint density at radius 1 is 1.21 bits per heavy atom. The number of ether oxygens (including phenoxy) is 1. The summed E-state index contributed by atoms with van der Waals surface area (Å²) in [6, 6.07) is -0.683. The van der Waals surface area contributed by atoms with E-state index in [4.69, 9.17) is 10.8 Å². The van der Waals surface area contributed by atoms with Gasteiger partial charge in [-0.3, -0.25) is 9.59 Å². The van der Waals surface area contributed by atoms with Gasteiger partial charge in [0, 0.05) is 13.5 Å². The van der Waals surface area contributed by atoms with Crippen molar-refractivity contribution < 1.29 is 48.6 Å². The minimum Gasteiger partial charge on any atom is -0.394 e. The normalized spacial score (nSPS) is 31.4. The van der Waals surface area contributed by atoms with E-state index < -0.39 is 61.2 Å². The number of carbonyl (C=O) groups is 2. The fourth-order valence-corrected chi connectivity index (χ4v) is 3.03. The summed E-state index contributed by atoms with van der Waals surface area (Å²) in [6.07, 6.45) is -7.54. The first-order valence-corrected chi connectivity index (χ1v) is 9.23. The molecule has 0 radical (unpaired) electrons. The highest BCUT2D eigenvalue weighted by atomic mass is 19.3. The summed E-state index contributed by atoms with van der Waals surface area (Å²) in [4.78, 5) is 23.6. The van der Waals surface area contributed by atoms with Crippen LogP contribution in [0.3, 0.4) is 0 Å². The molecule has 12 heteroatoms. The topological polar surface area (TPSA) is 174 Å². The number of halogens is 2. The van der Waals surface area contributed by atoms with E-state index in [9.17, 15) is 38.8 Å². The number of nitrogens with zero attached hydrogens (tertiary/aromatic N) is 1. The number of aliphatic hydroxyl groups is 5. The van der Waals surface area contributed by atoms with Crippen molar-refractivity contribution in [2.75, 3.05) is 19.7 Å². The lowest BCUT2D eigenvalue weighted by Crippen LogP contribution is -2.73. The maximum absolute atomic E-state index is 14.8. The van der Waals surface area contributed by atoms with Crippen LogP contribution in [0.15, 0.2) is 0 Å². The molecule has 1 aliphatic heterocycles. The van der Waals surface area contributed by atoms with E-state index in [1.54, 1.807) is 0 Å². The van der Waals surface area contributed by atoms with Gasteiger partial charge < -0.3 is 40.9 Å². The Bertz CT molecular complexity index is 580. The molecule has 6 atom stereocenters. The van der Waals surface area contributed by atoms with E-state index >= 15 is 0 Å². The molecule has 0 aromatic heterocycles. The molecule has 1 amide bonds. The predicted octanol–water partition coefficient (Wildman–Crippen LogP) is -2.28. The van der Waals surface area contributed by atoms with E-state index in [1.807, 2.05) is 0 Å². The van der Waals surface area contributed by atoms with Crippen LogP contribution < -0.4 is 5.73 Å². The van der Waals surface area contributed by atoms with Crippen molar-refractivity contribution in [2.45, 2.75) is 75.3 Å². The first-order chi connectivity index (χ1) is 13.3. The summed E-state index contributed by atoms with van der Waals surface area (Å²) in [5.41, 5.74) is 5.58. The molecule has 0 unspecified atom stereocenters. The number of carbonyl (C=O) groups excluding carboxylic acids is 2. The molecule has 1 fully saturated rings. The van der Waals surface area contributed by atoms with Gasteiger partial charge >= 0.3 is 5.92 Å². The van der Waals surface area contributed by atoms with E-state index in [-0.39, 0.29) is 18.7 Å². The van der Waals surface area contributed by atoms with Crippen LogP contribution in [0.4, 0.5) is 8.78 Å². The van der Waals surface area contributed by atoms with Crippen molar-refractivity contribution in [3.8, 4) is 0 Å². The summed E-state index contributed by atoms with van der Waals surface area (Å²) in [5, 5.41) is 48.7. The molecule has 0 aliphatic carbocycles. The number of aliphatic hydroxyl groups excluding tert-OH is 4. The molecule has 0 bridgehead atoms. The number of alkyl halides is 2. The Balaban J connectivity index is 2.86. The Labute approximate surface area is 166 Å². The van der Waals surface area contributed by atoms with Gasteiger partial charge in [0.05, 0.1) is 19.2 Å². The number of rotatable bonds is 10. The van der Waals surface area contributed by atoms with Crippen molar-refractivity contribution in [3.05, 3.63) is 0 Å². The van der Waals surface area contributed by atoms with Crippen molar-refractivity contribution in [3.63, 3.8) is 0 Å². The van der Waals surface area contributed by atoms with Crippen LogP contribution >= 0.6 is 0 Å². The highest BCUT2D eigenvalue weighted by molar-refractivity contribution is 5.81. The molecule has 10 nitrogen and oxygen atoms in total. The van der Waals surface area contributed by atoms with Crippen LogP contribution in [0.5, 0.6) is 0 Å². The van der Waals surface area contributed by atoms with Gasteiger partial charge in [0.15, 0.2) is 0 Å². The first kappa shape index (κ1) is 25.8. The number of amides is 1. The lowest BCUT2D eigenvalue weighted by Gasteiger charge is -2.48. The number of hydrogen-bond donors (Lipinski definition) is 6. The smallest absolute Gasteiger partial charge is 0.320 e. The number of nitrogens with two attached hydrogens (primary N) is 1. The number of hydrogen-bond acceptors (Lipinski definition) is 9. The molecule has 0 aromatic rings. The van der Waals surface area contributed by atoms with E-state index in [0.29, 0.717) is 12.8 Å². The highest BCUT2D eigenvalue weighted by Crippen LogP contribution is 2.40. The summed E-state index contributed by atoms with van der Waals surface area (Å²) in [6.45, 7) is -0.134. The first-order valence-electron chi connectivity index (χ1n) is 9.23. The molecule has 29 heavy (non-hydrogen) atoms. The van der Waals surface area contributed by atoms with E-state index in [1.165, 1.54) is 6.92 Å². The van der Waals surface area contributed by atoms with Gasteiger partial charge in [-0.25, -0.2) is 0 Å². The van der Waals surface area contributed by atoms with Gasteiger partial charge in [0.25, 0.3) is 5.79 Å². The molecule has 1 rings (SSSR count). The van der Waals surface area contributed by atoms with Crippen molar-refractivity contribution >= 4 is 11.7 Å². The average molecular weight is 428 g/mol. The zero-order valence-corrected chi connectivity index (χ0v) is 16.4. The van der Waals surface area contributed by atoms with Crippen molar-refractivity contribution in [1.82, 2.24) is 4.90 Å². The summed E-state index contributed by atoms with van der Waals surface area (Å²) >= 11 is 0. The second-order valence-electron chi connectivity index (χ2n) is 7.32. The second kappa shape index (κ2) is 10.2. The molecule has 0 aromatic carbocycles. The van der Waals surface area contributed by atoms with Crippen LogP contribution in [0.1, 0.15) is 33.1 Å². The second-order valence-corrected chi connectivity index (χ2v) is 7.32. The van der Waals surface area contributed by atoms with Crippen LogP contribution in [-0.2, 0) is 14.3 Å². The monoisotopic (exact) mass is 428 g/mol. The Kier molecular flexibility index (Phi) is 9.02. The number of Topliss-reactive ketones (excluding diaryl/α,β-unsaturated/α-hetero) is 1. The molecule has 0 spiro atoms. The maximum Gasteiger partial charge on any atom is 0.320 e. The van der Waals surface area contributed by atoms with Crippen LogP contribution in [0, 0.1) is 0 Å². The standard InChI is InChI=1S/C17H30F2N2O8/c1-9(23)11(20)5-3-4-6-21(10(2)24)8-16(18,19)17(28)15(27)14(26)13(25)12(7-22)29-17/h11-15,22,25-28H,3-8,20H2,1-2H3/t11-,12+,13-,14-,15+,17+/m0/s1. The van der Waals surface area contributed by atoms with Gasteiger partial charge in [-0.05, 0) is 26.2 Å². The number of ketones is 1. The Morgan fingerprint density at radius 3 is 2.28 bits per heavy atom. The fourth-order valence-electron chi connectivity index (χ4n) is 3.03. The van der Waals surface area contributed by atoms with Gasteiger partial charge in [0.1, 0.15) is 30.2 Å². The largest absolute Gasteiger partial charge is 0.394 e. The zero-order valence-electron chi connectivity index (χ0n) is 16.4.